The van der Waals surface area contributed by atoms with Gasteiger partial charge in [0.15, 0.2) is 16.0 Å². The lowest BCUT2D eigenvalue weighted by Gasteiger charge is -2.08. The van der Waals surface area contributed by atoms with Crippen molar-refractivity contribution in [2.24, 2.45) is 0 Å². The predicted octanol–water partition coefficient (Wildman–Crippen LogP) is 4.15. The van der Waals surface area contributed by atoms with Gasteiger partial charge in [0.05, 0.1) is 22.5 Å². The number of rotatable bonds is 5. The average Bonchev–Trinajstić information content (AvgIpc) is 3.22. The molecule has 0 spiro atoms. The molecule has 0 radical (unpaired) electrons. The van der Waals surface area contributed by atoms with Crippen LogP contribution in [0.1, 0.15) is 34.9 Å². The second-order valence-electron chi connectivity index (χ2n) is 5.55. The number of H-pyrrole nitrogens is 1. The normalized spacial score (nSPS) is 12.7. The number of hydrogen-bond donors (Lipinski definition) is 2. The fraction of sp³-hybridized carbons (Fsp3) is 0.333. The number of nitrogens with zero attached hydrogens (tertiary/aromatic N) is 2. The summed E-state index contributed by atoms with van der Waals surface area (Å²) < 4.78 is 27.1. The Morgan fingerprint density at radius 3 is 2.63 bits per heavy atom. The van der Waals surface area contributed by atoms with Gasteiger partial charge in [0.25, 0.3) is 0 Å². The Morgan fingerprint density at radius 1 is 1.30 bits per heavy atom. The number of hydrogen-bond acceptors (Lipinski definition) is 5. The first kappa shape index (κ1) is 21.3. The van der Waals surface area contributed by atoms with Gasteiger partial charge < -0.3 is 4.98 Å². The number of nitrogens with one attached hydrogen (secondary N) is 2. The Kier molecular flexibility index (Phi) is 7.30. The molecule has 144 valence electrons. The molecule has 2 aromatic heterocycles. The van der Waals surface area contributed by atoms with Gasteiger partial charge in [-0.2, -0.15) is 5.26 Å². The highest BCUT2D eigenvalue weighted by atomic mass is 32.2. The van der Waals surface area contributed by atoms with Gasteiger partial charge in [-0.3, -0.25) is 8.93 Å². The van der Waals surface area contributed by atoms with E-state index < -0.39 is 21.8 Å². The van der Waals surface area contributed by atoms with E-state index in [0.29, 0.717) is 27.0 Å². The first-order valence-electron chi connectivity index (χ1n) is 8.36. The molecule has 2 unspecified atom stereocenters. The van der Waals surface area contributed by atoms with Crippen molar-refractivity contribution in [1.82, 2.24) is 9.97 Å². The lowest BCUT2D eigenvalue weighted by Crippen LogP contribution is -2.07. The van der Waals surface area contributed by atoms with Gasteiger partial charge in [0, 0.05) is 33.5 Å². The van der Waals surface area contributed by atoms with Crippen molar-refractivity contribution in [2.75, 3.05) is 11.0 Å². The van der Waals surface area contributed by atoms with Gasteiger partial charge in [0.2, 0.25) is 0 Å². The maximum Gasteiger partial charge on any atom is 0.170 e. The Bertz CT molecular complexity index is 1050. The van der Waals surface area contributed by atoms with Crippen LogP contribution in [0, 0.1) is 25.2 Å². The number of nitriles is 1. The molecule has 0 aliphatic carbocycles. The summed E-state index contributed by atoms with van der Waals surface area (Å²) in [4.78, 5) is 8.27. The first-order chi connectivity index (χ1) is 12.9. The fourth-order valence-electron chi connectivity index (χ4n) is 2.58. The van der Waals surface area contributed by atoms with Gasteiger partial charge >= 0.3 is 0 Å². The van der Waals surface area contributed by atoms with Crippen LogP contribution < -0.4 is 4.72 Å². The summed E-state index contributed by atoms with van der Waals surface area (Å²) in [6.45, 7) is 7.78. The number of anilines is 1. The van der Waals surface area contributed by atoms with Gasteiger partial charge in [-0.1, -0.05) is 19.9 Å². The summed E-state index contributed by atoms with van der Waals surface area (Å²) in [6, 6.07) is 5.87. The van der Waals surface area contributed by atoms with Crippen molar-refractivity contribution >= 4 is 49.7 Å². The van der Waals surface area contributed by atoms with Crippen molar-refractivity contribution in [2.45, 2.75) is 38.5 Å². The van der Waals surface area contributed by atoms with Crippen molar-refractivity contribution in [3.63, 3.8) is 0 Å². The maximum absolute atomic E-state index is 12.7. The topological polar surface area (TPSA) is 98.6 Å². The summed E-state index contributed by atoms with van der Waals surface area (Å²) in [5, 5.41) is 11.2. The van der Waals surface area contributed by atoms with E-state index >= 15 is 0 Å². The Hall–Kier alpha value is -2.02. The summed E-state index contributed by atoms with van der Waals surface area (Å²) in [7, 11) is -2.54. The molecule has 0 aliphatic heterocycles. The monoisotopic (exact) mass is 422 g/mol. The number of aromatic amines is 1. The summed E-state index contributed by atoms with van der Waals surface area (Å²) in [6.07, 6.45) is 3.27. The maximum atomic E-state index is 12.7. The van der Waals surface area contributed by atoms with Gasteiger partial charge in [-0.05, 0) is 25.5 Å². The molecule has 9 heteroatoms. The minimum Gasteiger partial charge on any atom is -0.358 e. The zero-order chi connectivity index (χ0) is 20.1. The Morgan fingerprint density at radius 2 is 2.00 bits per heavy atom. The quantitative estimate of drug-likeness (QED) is 0.645. The van der Waals surface area contributed by atoms with Gasteiger partial charge in [0.1, 0.15) is 11.1 Å². The highest BCUT2D eigenvalue weighted by molar-refractivity contribution is 7.86. The van der Waals surface area contributed by atoms with E-state index in [1.165, 1.54) is 11.3 Å². The van der Waals surface area contributed by atoms with Crippen LogP contribution in [0.15, 0.2) is 23.4 Å². The fourth-order valence-corrected chi connectivity index (χ4v) is 5.68. The molecule has 0 saturated heterocycles. The Balaban J connectivity index is 0.00000126. The van der Waals surface area contributed by atoms with E-state index in [1.807, 2.05) is 39.8 Å². The third-order valence-corrected chi connectivity index (χ3v) is 6.78. The van der Waals surface area contributed by atoms with E-state index in [2.05, 4.69) is 20.8 Å². The number of aryl methyl sites for hydroxylation is 2. The smallest absolute Gasteiger partial charge is 0.170 e. The molecular weight excluding hydrogens is 400 g/mol. The SMILES string of the molecule is CC.Cc1sc(CS(C)=O)nc1S(=O)Nc1ccc(C)c2c(C#N)c[nH]c12. The average molecular weight is 423 g/mol. The summed E-state index contributed by atoms with van der Waals surface area (Å²) in [5.74, 6) is 0.361. The number of benzene rings is 1. The highest BCUT2D eigenvalue weighted by Gasteiger charge is 2.17. The highest BCUT2D eigenvalue weighted by Crippen LogP contribution is 2.30. The van der Waals surface area contributed by atoms with Gasteiger partial charge in [-0.15, -0.1) is 11.3 Å². The van der Waals surface area contributed by atoms with Crippen LogP contribution in [0.3, 0.4) is 0 Å². The molecular formula is C18H22N4O2S3. The van der Waals surface area contributed by atoms with E-state index in [-0.39, 0.29) is 0 Å². The van der Waals surface area contributed by atoms with Crippen LogP contribution in [0.2, 0.25) is 0 Å². The molecule has 3 rings (SSSR count). The van der Waals surface area contributed by atoms with Crippen LogP contribution in [-0.2, 0) is 27.5 Å². The molecule has 0 aliphatic rings. The third kappa shape index (κ3) is 4.64. The molecule has 2 N–H and O–H groups in total. The summed E-state index contributed by atoms with van der Waals surface area (Å²) >= 11 is 1.41. The number of fused-ring (bicyclic) bond motifs is 1. The van der Waals surface area contributed by atoms with Crippen LogP contribution in [0.4, 0.5) is 5.69 Å². The molecule has 0 saturated carbocycles. The molecule has 0 amide bonds. The summed E-state index contributed by atoms with van der Waals surface area (Å²) in [5.41, 5.74) is 2.92. The second-order valence-corrected chi connectivity index (χ2v) is 9.40. The van der Waals surface area contributed by atoms with Crippen molar-refractivity contribution in [3.8, 4) is 6.07 Å². The van der Waals surface area contributed by atoms with Crippen LogP contribution >= 0.6 is 11.3 Å². The van der Waals surface area contributed by atoms with E-state index in [1.54, 1.807) is 12.5 Å². The lowest BCUT2D eigenvalue weighted by atomic mass is 10.1. The number of aromatic nitrogens is 2. The Labute approximate surface area is 168 Å². The molecule has 0 fully saturated rings. The minimum atomic E-state index is -1.55. The van der Waals surface area contributed by atoms with Crippen molar-refractivity contribution in [1.29, 1.82) is 5.26 Å². The van der Waals surface area contributed by atoms with Crippen molar-refractivity contribution < 1.29 is 8.42 Å². The second kappa shape index (κ2) is 9.26. The lowest BCUT2D eigenvalue weighted by molar-refractivity contribution is 0.682. The van der Waals surface area contributed by atoms with Crippen LogP contribution in [-0.4, -0.2) is 24.6 Å². The predicted molar refractivity (Wildman–Crippen MR) is 114 cm³/mol. The molecule has 3 aromatic rings. The molecule has 2 atom stereocenters. The molecule has 0 bridgehead atoms. The van der Waals surface area contributed by atoms with Crippen molar-refractivity contribution in [3.05, 3.63) is 39.3 Å². The van der Waals surface area contributed by atoms with E-state index in [0.717, 1.165) is 21.3 Å². The van der Waals surface area contributed by atoms with Crippen LogP contribution in [0.5, 0.6) is 0 Å². The number of thiazole rings is 1. The molecule has 6 nitrogen and oxygen atoms in total. The standard InChI is InChI=1S/C16H16N4O2S3.C2H6/c1-9-4-5-12(15-14(9)11(6-17)7-18-15)20-25(22)16-10(2)23-13(19-16)8-24(3)21;1-2/h4-5,7,18,20H,8H2,1-3H3;1-2H3. The van der Waals surface area contributed by atoms with E-state index in [9.17, 15) is 13.7 Å². The zero-order valence-electron chi connectivity index (χ0n) is 15.9. The molecule has 2 heterocycles. The third-order valence-electron chi connectivity index (χ3n) is 3.67. The van der Waals surface area contributed by atoms with Gasteiger partial charge in [-0.25, -0.2) is 9.19 Å². The molecule has 27 heavy (non-hydrogen) atoms. The largest absolute Gasteiger partial charge is 0.358 e. The zero-order valence-corrected chi connectivity index (χ0v) is 18.3. The minimum absolute atomic E-state index is 0.361. The van der Waals surface area contributed by atoms with Crippen LogP contribution in [0.25, 0.3) is 10.9 Å². The molecule has 1 aromatic carbocycles. The van der Waals surface area contributed by atoms with E-state index in [4.69, 9.17) is 0 Å². The first-order valence-corrected chi connectivity index (χ1v) is 12.1.